The standard InChI is InChI=1S/C12H16N2O/c1-10-4-5-11(9-13)12(8-10)14-6-2-3-7-15/h4-5,8,14-15H,2-3,6-7H2,1H3. The van der Waals surface area contributed by atoms with Gasteiger partial charge in [0.1, 0.15) is 6.07 Å². The first-order valence-corrected chi connectivity index (χ1v) is 5.13. The molecule has 3 nitrogen and oxygen atoms in total. The number of aliphatic hydroxyl groups excluding tert-OH is 1. The lowest BCUT2D eigenvalue weighted by Gasteiger charge is -2.08. The molecule has 0 amide bonds. The first kappa shape index (κ1) is 11.5. The average molecular weight is 204 g/mol. The van der Waals surface area contributed by atoms with Gasteiger partial charge in [0.25, 0.3) is 0 Å². The number of unbranched alkanes of at least 4 members (excludes halogenated alkanes) is 1. The van der Waals surface area contributed by atoms with Crippen LogP contribution in [0.2, 0.25) is 0 Å². The molecular formula is C12H16N2O. The Bertz CT molecular complexity index is 355. The molecule has 3 heteroatoms. The van der Waals surface area contributed by atoms with E-state index < -0.39 is 0 Å². The maximum atomic E-state index is 8.88. The van der Waals surface area contributed by atoms with Gasteiger partial charge in [-0.1, -0.05) is 6.07 Å². The van der Waals surface area contributed by atoms with Gasteiger partial charge in [0.15, 0.2) is 0 Å². The van der Waals surface area contributed by atoms with Crippen molar-refractivity contribution in [3.8, 4) is 6.07 Å². The minimum absolute atomic E-state index is 0.223. The highest BCUT2D eigenvalue weighted by Crippen LogP contribution is 2.16. The molecule has 0 saturated heterocycles. The second kappa shape index (κ2) is 6.05. The van der Waals surface area contributed by atoms with Crippen LogP contribution in [0.1, 0.15) is 24.0 Å². The summed E-state index contributed by atoms with van der Waals surface area (Å²) in [6.45, 7) is 3.01. The second-order valence-electron chi connectivity index (χ2n) is 3.52. The smallest absolute Gasteiger partial charge is 0.101 e. The summed E-state index contributed by atoms with van der Waals surface area (Å²) in [7, 11) is 0. The summed E-state index contributed by atoms with van der Waals surface area (Å²) in [5.41, 5.74) is 2.69. The van der Waals surface area contributed by atoms with Gasteiger partial charge >= 0.3 is 0 Å². The van der Waals surface area contributed by atoms with E-state index in [9.17, 15) is 0 Å². The normalized spacial score (nSPS) is 9.67. The molecule has 15 heavy (non-hydrogen) atoms. The summed E-state index contributed by atoms with van der Waals surface area (Å²) in [5, 5.41) is 20.7. The van der Waals surface area contributed by atoms with Crippen LogP contribution in [0.4, 0.5) is 5.69 Å². The lowest BCUT2D eigenvalue weighted by Crippen LogP contribution is -2.04. The molecular weight excluding hydrogens is 188 g/mol. The molecule has 0 fully saturated rings. The molecule has 0 atom stereocenters. The predicted molar refractivity (Wildman–Crippen MR) is 60.7 cm³/mol. The van der Waals surface area contributed by atoms with Crippen molar-refractivity contribution in [1.82, 2.24) is 0 Å². The molecule has 1 aromatic rings. The van der Waals surface area contributed by atoms with Crippen molar-refractivity contribution in [3.05, 3.63) is 29.3 Å². The monoisotopic (exact) mass is 204 g/mol. The van der Waals surface area contributed by atoms with E-state index in [2.05, 4.69) is 11.4 Å². The maximum Gasteiger partial charge on any atom is 0.101 e. The summed E-state index contributed by atoms with van der Waals surface area (Å²) in [6.07, 6.45) is 1.70. The van der Waals surface area contributed by atoms with Crippen LogP contribution < -0.4 is 5.32 Å². The van der Waals surface area contributed by atoms with E-state index in [1.165, 1.54) is 0 Å². The molecule has 1 aromatic carbocycles. The number of benzene rings is 1. The SMILES string of the molecule is Cc1ccc(C#N)c(NCCCCO)c1. The molecule has 1 rings (SSSR count). The van der Waals surface area contributed by atoms with Crippen molar-refractivity contribution in [2.75, 3.05) is 18.5 Å². The van der Waals surface area contributed by atoms with Crippen molar-refractivity contribution < 1.29 is 5.11 Å². The zero-order valence-corrected chi connectivity index (χ0v) is 8.95. The number of hydrogen-bond donors (Lipinski definition) is 2. The summed E-state index contributed by atoms with van der Waals surface area (Å²) >= 11 is 0. The Balaban J connectivity index is 2.59. The number of nitrogens with one attached hydrogen (secondary N) is 1. The molecule has 80 valence electrons. The molecule has 0 radical (unpaired) electrons. The molecule has 0 aromatic heterocycles. The number of aryl methyl sites for hydroxylation is 1. The highest BCUT2D eigenvalue weighted by atomic mass is 16.2. The number of nitrogens with zero attached hydrogens (tertiary/aromatic N) is 1. The Morgan fingerprint density at radius 1 is 1.40 bits per heavy atom. The van der Waals surface area contributed by atoms with Crippen LogP contribution in [0.3, 0.4) is 0 Å². The van der Waals surface area contributed by atoms with Crippen LogP contribution in [0, 0.1) is 18.3 Å². The number of nitriles is 1. The molecule has 0 unspecified atom stereocenters. The fourth-order valence-corrected chi connectivity index (χ4v) is 1.36. The van der Waals surface area contributed by atoms with Gasteiger partial charge in [0.2, 0.25) is 0 Å². The van der Waals surface area contributed by atoms with Gasteiger partial charge in [-0.05, 0) is 37.5 Å². The Labute approximate surface area is 90.4 Å². The summed E-state index contributed by atoms with van der Waals surface area (Å²) in [4.78, 5) is 0. The zero-order chi connectivity index (χ0) is 11.1. The first-order chi connectivity index (χ1) is 7.27. The van der Waals surface area contributed by atoms with Gasteiger partial charge in [-0.2, -0.15) is 5.26 Å². The van der Waals surface area contributed by atoms with Crippen LogP contribution >= 0.6 is 0 Å². The largest absolute Gasteiger partial charge is 0.396 e. The van der Waals surface area contributed by atoms with E-state index in [0.717, 1.165) is 30.6 Å². The zero-order valence-electron chi connectivity index (χ0n) is 8.95. The van der Waals surface area contributed by atoms with Crippen LogP contribution in [0.15, 0.2) is 18.2 Å². The molecule has 0 aliphatic rings. The van der Waals surface area contributed by atoms with Crippen molar-refractivity contribution >= 4 is 5.69 Å². The predicted octanol–water partition coefficient (Wildman–Crippen LogP) is 2.05. The second-order valence-corrected chi connectivity index (χ2v) is 3.52. The Morgan fingerprint density at radius 2 is 2.20 bits per heavy atom. The van der Waals surface area contributed by atoms with E-state index in [1.54, 1.807) is 0 Å². The Kier molecular flexibility index (Phi) is 4.65. The van der Waals surface area contributed by atoms with Crippen LogP contribution in [0.5, 0.6) is 0 Å². The van der Waals surface area contributed by atoms with Gasteiger partial charge in [-0.25, -0.2) is 0 Å². The van der Waals surface area contributed by atoms with Crippen molar-refractivity contribution in [2.45, 2.75) is 19.8 Å². The highest BCUT2D eigenvalue weighted by molar-refractivity contribution is 5.58. The van der Waals surface area contributed by atoms with Crippen LogP contribution in [-0.4, -0.2) is 18.3 Å². The van der Waals surface area contributed by atoms with Gasteiger partial charge < -0.3 is 10.4 Å². The van der Waals surface area contributed by atoms with Crippen LogP contribution in [0.25, 0.3) is 0 Å². The minimum Gasteiger partial charge on any atom is -0.396 e. The van der Waals surface area contributed by atoms with E-state index >= 15 is 0 Å². The van der Waals surface area contributed by atoms with Gasteiger partial charge in [0.05, 0.1) is 11.3 Å². The van der Waals surface area contributed by atoms with Crippen LogP contribution in [-0.2, 0) is 0 Å². The molecule has 0 heterocycles. The lowest BCUT2D eigenvalue weighted by atomic mass is 10.1. The maximum absolute atomic E-state index is 8.88. The average Bonchev–Trinajstić information content (AvgIpc) is 2.25. The topological polar surface area (TPSA) is 56.0 Å². The Hall–Kier alpha value is -1.53. The lowest BCUT2D eigenvalue weighted by molar-refractivity contribution is 0.286. The van der Waals surface area contributed by atoms with Crippen molar-refractivity contribution in [3.63, 3.8) is 0 Å². The van der Waals surface area contributed by atoms with Crippen molar-refractivity contribution in [1.29, 1.82) is 5.26 Å². The third-order valence-corrected chi connectivity index (χ3v) is 2.20. The molecule has 0 bridgehead atoms. The first-order valence-electron chi connectivity index (χ1n) is 5.13. The minimum atomic E-state index is 0.223. The van der Waals surface area contributed by atoms with Gasteiger partial charge in [0, 0.05) is 13.2 Å². The fourth-order valence-electron chi connectivity index (χ4n) is 1.36. The summed E-state index contributed by atoms with van der Waals surface area (Å²) < 4.78 is 0. The molecule has 2 N–H and O–H groups in total. The molecule has 0 saturated carbocycles. The van der Waals surface area contributed by atoms with Gasteiger partial charge in [-0.15, -0.1) is 0 Å². The third kappa shape index (κ3) is 3.61. The van der Waals surface area contributed by atoms with Crippen molar-refractivity contribution in [2.24, 2.45) is 0 Å². The summed E-state index contributed by atoms with van der Waals surface area (Å²) in [5.74, 6) is 0. The van der Waals surface area contributed by atoms with E-state index in [0.29, 0.717) is 5.56 Å². The molecule has 0 aliphatic carbocycles. The molecule has 0 aliphatic heterocycles. The quantitative estimate of drug-likeness (QED) is 0.722. The van der Waals surface area contributed by atoms with E-state index in [4.69, 9.17) is 10.4 Å². The third-order valence-electron chi connectivity index (χ3n) is 2.20. The van der Waals surface area contributed by atoms with E-state index in [-0.39, 0.29) is 6.61 Å². The molecule has 0 spiro atoms. The number of aliphatic hydroxyl groups is 1. The number of rotatable bonds is 5. The van der Waals surface area contributed by atoms with Gasteiger partial charge in [-0.3, -0.25) is 0 Å². The summed E-state index contributed by atoms with van der Waals surface area (Å²) in [6, 6.07) is 7.87. The number of anilines is 1. The fraction of sp³-hybridized carbons (Fsp3) is 0.417. The Morgan fingerprint density at radius 3 is 2.87 bits per heavy atom. The number of hydrogen-bond acceptors (Lipinski definition) is 3. The highest BCUT2D eigenvalue weighted by Gasteiger charge is 2.00. The van der Waals surface area contributed by atoms with E-state index in [1.807, 2.05) is 25.1 Å².